The largest absolute Gasteiger partial charge is 0.352 e. The molecule has 0 spiro atoms. The average Bonchev–Trinajstić information content (AvgIpc) is 3.98. The van der Waals surface area contributed by atoms with Crippen LogP contribution in [-0.2, 0) is 16.1 Å². The molecule has 1 atom stereocenters. The van der Waals surface area contributed by atoms with Crippen LogP contribution in [0.2, 0.25) is 0 Å². The first-order valence-electron chi connectivity index (χ1n) is 21.5. The number of nitrogens with zero attached hydrogens (tertiary/aromatic N) is 6. The summed E-state index contributed by atoms with van der Waals surface area (Å²) in [5, 5.41) is 9.44. The third-order valence-corrected chi connectivity index (χ3v) is 12.6. The maximum atomic E-state index is 15.4. The molecule has 8 rings (SSSR count). The number of aromatic nitrogens is 3. The minimum Gasteiger partial charge on any atom is -0.352 e. The summed E-state index contributed by atoms with van der Waals surface area (Å²) >= 11 is 0. The molecule has 5 amide bonds. The van der Waals surface area contributed by atoms with Crippen LogP contribution >= 0.6 is 0 Å². The first kappa shape index (κ1) is 41.1. The molecule has 3 fully saturated rings. The monoisotopic (exact) mass is 819 g/mol. The molecule has 2 saturated heterocycles. The number of unbranched alkanes of at least 4 members (excludes halogenated alkanes) is 3. The lowest BCUT2D eigenvalue weighted by Crippen LogP contribution is -2.52. The molecule has 14 nitrogen and oxygen atoms in total. The van der Waals surface area contributed by atoms with Crippen LogP contribution in [0, 0.1) is 5.82 Å². The number of carbonyl (C=O) groups excluding carboxylic acids is 5. The van der Waals surface area contributed by atoms with E-state index in [4.69, 9.17) is 4.98 Å². The second-order valence-electron chi connectivity index (χ2n) is 16.9. The standard InChI is InChI=1S/C45H54FN9O5/c1-52(2)44(60)38-24-30-26-48-45(51-40(30)55(38)33-9-5-6-10-33)49-32-13-11-29(12-14-32)41(57)47-19-7-3-4-8-20-53-21-17-28(18-22-53)34-23-31-27-54(43(59)35(31)25-36(34)46)37-15-16-39(56)50-42(37)58/h11-14,23-26,28,33,37H,3-10,15-22,27H2,1-2H3,(H,47,57)(H,48,49,51)(H,50,56,58). The lowest BCUT2D eigenvalue weighted by Gasteiger charge is -2.32. The van der Waals surface area contributed by atoms with Crippen molar-refractivity contribution >= 4 is 52.2 Å². The van der Waals surface area contributed by atoms with E-state index < -0.39 is 11.9 Å². The third-order valence-electron chi connectivity index (χ3n) is 12.6. The van der Waals surface area contributed by atoms with Gasteiger partial charge in [-0.25, -0.2) is 9.37 Å². The minimum atomic E-state index is -0.715. The van der Waals surface area contributed by atoms with Gasteiger partial charge in [0.1, 0.15) is 23.2 Å². The van der Waals surface area contributed by atoms with Crippen molar-refractivity contribution in [1.29, 1.82) is 0 Å². The maximum Gasteiger partial charge on any atom is 0.270 e. The predicted octanol–water partition coefficient (Wildman–Crippen LogP) is 6.06. The van der Waals surface area contributed by atoms with E-state index in [1.54, 1.807) is 37.3 Å². The molecule has 1 aliphatic carbocycles. The first-order valence-corrected chi connectivity index (χ1v) is 21.5. The fraction of sp³-hybridized carbons (Fsp3) is 0.489. The number of hydrogen-bond acceptors (Lipinski definition) is 9. The number of benzene rings is 2. The molecule has 1 unspecified atom stereocenters. The highest BCUT2D eigenvalue weighted by Gasteiger charge is 2.40. The van der Waals surface area contributed by atoms with Gasteiger partial charge in [-0.3, -0.25) is 29.3 Å². The first-order chi connectivity index (χ1) is 29.0. The molecular weight excluding hydrogens is 766 g/mol. The van der Waals surface area contributed by atoms with E-state index in [9.17, 15) is 24.0 Å². The van der Waals surface area contributed by atoms with Gasteiger partial charge in [0, 0.05) is 68.0 Å². The molecule has 316 valence electrons. The predicted molar refractivity (Wildman–Crippen MR) is 224 cm³/mol. The Morgan fingerprint density at radius 3 is 2.42 bits per heavy atom. The van der Waals surface area contributed by atoms with Crippen LogP contribution in [0.4, 0.5) is 16.0 Å². The Morgan fingerprint density at radius 2 is 1.68 bits per heavy atom. The van der Waals surface area contributed by atoms with Crippen molar-refractivity contribution in [1.82, 2.24) is 39.9 Å². The van der Waals surface area contributed by atoms with E-state index in [2.05, 4.69) is 30.4 Å². The van der Waals surface area contributed by atoms with Crippen molar-refractivity contribution in [3.63, 3.8) is 0 Å². The van der Waals surface area contributed by atoms with Crippen LogP contribution in [0.3, 0.4) is 0 Å². The van der Waals surface area contributed by atoms with E-state index >= 15 is 4.39 Å². The summed E-state index contributed by atoms with van der Waals surface area (Å²) in [5.74, 6) is -1.20. The summed E-state index contributed by atoms with van der Waals surface area (Å²) < 4.78 is 17.4. The lowest BCUT2D eigenvalue weighted by molar-refractivity contribution is -0.136. The number of likely N-dealkylation sites (tertiary alicyclic amines) is 1. The van der Waals surface area contributed by atoms with Gasteiger partial charge >= 0.3 is 0 Å². The number of amides is 5. The molecular formula is C45H54FN9O5. The Kier molecular flexibility index (Phi) is 12.2. The molecule has 2 aromatic carbocycles. The average molecular weight is 820 g/mol. The molecule has 2 aromatic heterocycles. The summed E-state index contributed by atoms with van der Waals surface area (Å²) in [4.78, 5) is 77.8. The molecule has 1 saturated carbocycles. The van der Waals surface area contributed by atoms with Gasteiger partial charge in [0.25, 0.3) is 17.7 Å². The molecule has 4 aromatic rings. The summed E-state index contributed by atoms with van der Waals surface area (Å²) in [6, 6.07) is 11.8. The summed E-state index contributed by atoms with van der Waals surface area (Å²) in [7, 11) is 3.52. The van der Waals surface area contributed by atoms with Gasteiger partial charge in [-0.05, 0) is 118 Å². The van der Waals surface area contributed by atoms with Gasteiger partial charge < -0.3 is 29.9 Å². The Bertz CT molecular complexity index is 2280. The normalized spacial score (nSPS) is 18.9. The minimum absolute atomic E-state index is 0.0493. The Balaban J connectivity index is 0.740. The molecule has 0 radical (unpaired) electrons. The van der Waals surface area contributed by atoms with Crippen LogP contribution in [0.15, 0.2) is 48.7 Å². The van der Waals surface area contributed by atoms with E-state index in [0.29, 0.717) is 34.9 Å². The molecule has 4 aliphatic rings. The fourth-order valence-electron chi connectivity index (χ4n) is 9.33. The van der Waals surface area contributed by atoms with E-state index in [-0.39, 0.29) is 60.8 Å². The third kappa shape index (κ3) is 8.77. The molecule has 0 bridgehead atoms. The molecule has 5 heterocycles. The number of halogens is 1. The van der Waals surface area contributed by atoms with Crippen molar-refractivity contribution < 1.29 is 28.4 Å². The summed E-state index contributed by atoms with van der Waals surface area (Å²) in [5.41, 5.74) is 4.40. The Hall–Kier alpha value is -5.70. The quantitative estimate of drug-likeness (QED) is 0.101. The maximum absolute atomic E-state index is 15.4. The van der Waals surface area contributed by atoms with Gasteiger partial charge in [0.05, 0.1) is 0 Å². The van der Waals surface area contributed by atoms with E-state index in [0.717, 1.165) is 106 Å². The molecule has 3 aliphatic heterocycles. The van der Waals surface area contributed by atoms with Gasteiger partial charge in [0.15, 0.2) is 0 Å². The Labute approximate surface area is 349 Å². The lowest BCUT2D eigenvalue weighted by atomic mass is 9.87. The smallest absolute Gasteiger partial charge is 0.270 e. The highest BCUT2D eigenvalue weighted by Crippen LogP contribution is 2.37. The number of imide groups is 1. The van der Waals surface area contributed by atoms with E-state index in [1.165, 1.54) is 11.0 Å². The van der Waals surface area contributed by atoms with Crippen LogP contribution in [0.25, 0.3) is 11.0 Å². The summed E-state index contributed by atoms with van der Waals surface area (Å²) in [6.07, 6.45) is 12.2. The molecule has 3 N–H and O–H groups in total. The SMILES string of the molecule is CN(C)C(=O)c1cc2cnc(Nc3ccc(C(=O)NCCCCCCN4CCC(c5cc6c(cc5F)C(=O)N(C5CCC(=O)NC5=O)C6)CC4)cc3)nc2n1C1CCCC1. The molecule has 60 heavy (non-hydrogen) atoms. The number of nitrogens with one attached hydrogen (secondary N) is 3. The van der Waals surface area contributed by atoms with Crippen molar-refractivity contribution in [2.45, 2.75) is 102 Å². The van der Waals surface area contributed by atoms with Crippen LogP contribution in [0.1, 0.15) is 131 Å². The zero-order valence-electron chi connectivity index (χ0n) is 34.5. The number of anilines is 2. The topological polar surface area (TPSA) is 162 Å². The van der Waals surface area contributed by atoms with Crippen molar-refractivity contribution in [3.8, 4) is 0 Å². The number of hydrogen-bond donors (Lipinski definition) is 3. The van der Waals surface area contributed by atoms with Crippen molar-refractivity contribution in [2.75, 3.05) is 45.6 Å². The highest BCUT2D eigenvalue weighted by molar-refractivity contribution is 6.05. The molecule has 15 heteroatoms. The van der Waals surface area contributed by atoms with Crippen LogP contribution in [0.5, 0.6) is 0 Å². The second-order valence-corrected chi connectivity index (χ2v) is 16.9. The van der Waals surface area contributed by atoms with Crippen molar-refractivity contribution in [3.05, 3.63) is 82.4 Å². The van der Waals surface area contributed by atoms with Gasteiger partial charge in [0.2, 0.25) is 17.8 Å². The van der Waals surface area contributed by atoms with Gasteiger partial charge in [-0.15, -0.1) is 0 Å². The van der Waals surface area contributed by atoms with Crippen LogP contribution < -0.4 is 16.0 Å². The second kappa shape index (κ2) is 17.9. The van der Waals surface area contributed by atoms with Crippen molar-refractivity contribution in [2.24, 2.45) is 0 Å². The van der Waals surface area contributed by atoms with Gasteiger partial charge in [-0.2, -0.15) is 4.98 Å². The Morgan fingerprint density at radius 1 is 0.933 bits per heavy atom. The zero-order chi connectivity index (χ0) is 41.9. The number of piperidine rings is 2. The number of carbonyl (C=O) groups is 5. The van der Waals surface area contributed by atoms with Gasteiger partial charge in [-0.1, -0.05) is 31.7 Å². The van der Waals surface area contributed by atoms with E-state index in [1.807, 2.05) is 24.3 Å². The number of rotatable bonds is 14. The zero-order valence-corrected chi connectivity index (χ0v) is 34.5. The highest BCUT2D eigenvalue weighted by atomic mass is 19.1. The van der Waals surface area contributed by atoms with Crippen LogP contribution in [-0.4, -0.2) is 105 Å². The number of fused-ring (bicyclic) bond motifs is 2. The summed E-state index contributed by atoms with van der Waals surface area (Å²) in [6.45, 7) is 3.58. The fourth-order valence-corrected chi connectivity index (χ4v) is 9.33.